The van der Waals surface area contributed by atoms with Crippen LogP contribution in [0, 0.1) is 25.6 Å². The molecular weight excluding hydrogens is 347 g/mol. The summed E-state index contributed by atoms with van der Waals surface area (Å²) in [5.74, 6) is 0.766. The predicted octanol–water partition coefficient (Wildman–Crippen LogP) is 3.83. The largest absolute Gasteiger partial charge is 0.443 e. The average Bonchev–Trinajstić information content (AvgIpc) is 2.98. The van der Waals surface area contributed by atoms with E-state index in [1.807, 2.05) is 13.8 Å². The number of hydrogen-bond donors (Lipinski definition) is 1. The number of para-hydroxylation sites is 1. The van der Waals surface area contributed by atoms with E-state index >= 15 is 0 Å². The Morgan fingerprint density at radius 3 is 2.93 bits per heavy atom. The summed E-state index contributed by atoms with van der Waals surface area (Å²) < 4.78 is 19.5. The molecule has 2 aromatic heterocycles. The van der Waals surface area contributed by atoms with Crippen LogP contribution in [0.3, 0.4) is 0 Å². The molecule has 6 nitrogen and oxygen atoms in total. The van der Waals surface area contributed by atoms with E-state index in [0.717, 1.165) is 41.9 Å². The van der Waals surface area contributed by atoms with Gasteiger partial charge < -0.3 is 14.6 Å². The molecular formula is C20H21FN4O2. The van der Waals surface area contributed by atoms with Crippen LogP contribution >= 0.6 is 0 Å². The maximum Gasteiger partial charge on any atom is 0.231 e. The molecule has 3 aromatic rings. The number of carbonyl (C=O) groups is 1. The molecule has 0 aliphatic carbocycles. The maximum absolute atomic E-state index is 13.8. The molecule has 1 aliphatic heterocycles. The second-order valence-electron chi connectivity index (χ2n) is 6.91. The Morgan fingerprint density at radius 2 is 2.11 bits per heavy atom. The van der Waals surface area contributed by atoms with Gasteiger partial charge in [0.2, 0.25) is 11.6 Å². The molecule has 0 saturated carbocycles. The quantitative estimate of drug-likeness (QED) is 0.761. The summed E-state index contributed by atoms with van der Waals surface area (Å²) in [5, 5.41) is 3.61. The van der Waals surface area contributed by atoms with Crippen molar-refractivity contribution in [1.29, 1.82) is 0 Å². The molecule has 0 bridgehead atoms. The predicted molar refractivity (Wildman–Crippen MR) is 101 cm³/mol. The van der Waals surface area contributed by atoms with Crippen molar-refractivity contribution in [1.82, 2.24) is 9.97 Å². The molecule has 0 radical (unpaired) electrons. The summed E-state index contributed by atoms with van der Waals surface area (Å²) in [6.07, 6.45) is 3.11. The number of anilines is 2. The molecule has 1 atom stereocenters. The van der Waals surface area contributed by atoms with Crippen LogP contribution in [0.1, 0.15) is 24.2 Å². The van der Waals surface area contributed by atoms with Crippen molar-refractivity contribution in [2.75, 3.05) is 23.3 Å². The van der Waals surface area contributed by atoms with Crippen molar-refractivity contribution in [3.63, 3.8) is 0 Å². The van der Waals surface area contributed by atoms with E-state index in [-0.39, 0.29) is 17.5 Å². The number of rotatable bonds is 3. The van der Waals surface area contributed by atoms with Gasteiger partial charge in [-0.15, -0.1) is 0 Å². The highest BCUT2D eigenvalue weighted by Crippen LogP contribution is 2.32. The van der Waals surface area contributed by atoms with Crippen LogP contribution in [0.2, 0.25) is 0 Å². The van der Waals surface area contributed by atoms with Gasteiger partial charge in [0.25, 0.3) is 0 Å². The molecule has 7 heteroatoms. The Morgan fingerprint density at radius 1 is 1.30 bits per heavy atom. The molecule has 140 valence electrons. The van der Waals surface area contributed by atoms with Crippen LogP contribution in [-0.2, 0) is 4.79 Å². The molecule has 1 amide bonds. The standard InChI is InChI=1S/C20H21FN4O2/c1-12-13(2)27-20-17(12)18(22-11-23-20)25-9-5-6-14(10-25)19(26)24-16-8-4-3-7-15(16)21/h3-4,7-8,11,14H,5-6,9-10H2,1-2H3,(H,24,26). The van der Waals surface area contributed by atoms with Gasteiger partial charge in [-0.2, -0.15) is 0 Å². The van der Waals surface area contributed by atoms with Gasteiger partial charge in [-0.05, 0) is 38.8 Å². The van der Waals surface area contributed by atoms with Gasteiger partial charge in [-0.3, -0.25) is 4.79 Å². The number of carbonyl (C=O) groups excluding carboxylic acids is 1. The third-order valence-corrected chi connectivity index (χ3v) is 5.17. The highest BCUT2D eigenvalue weighted by Gasteiger charge is 2.29. The summed E-state index contributed by atoms with van der Waals surface area (Å²) >= 11 is 0. The first-order valence-corrected chi connectivity index (χ1v) is 9.05. The fourth-order valence-electron chi connectivity index (χ4n) is 3.58. The molecule has 27 heavy (non-hydrogen) atoms. The van der Waals surface area contributed by atoms with Crippen molar-refractivity contribution in [2.45, 2.75) is 26.7 Å². The highest BCUT2D eigenvalue weighted by molar-refractivity contribution is 5.94. The van der Waals surface area contributed by atoms with Gasteiger partial charge >= 0.3 is 0 Å². The summed E-state index contributed by atoms with van der Waals surface area (Å²) in [4.78, 5) is 23.4. The van der Waals surface area contributed by atoms with Crippen molar-refractivity contribution < 1.29 is 13.6 Å². The van der Waals surface area contributed by atoms with Crippen LogP contribution in [0.4, 0.5) is 15.9 Å². The number of nitrogens with zero attached hydrogens (tertiary/aromatic N) is 3. The Labute approximate surface area is 156 Å². The number of nitrogens with one attached hydrogen (secondary N) is 1. The monoisotopic (exact) mass is 368 g/mol. The van der Waals surface area contributed by atoms with Crippen LogP contribution in [-0.4, -0.2) is 29.0 Å². The van der Waals surface area contributed by atoms with Crippen LogP contribution in [0.15, 0.2) is 35.0 Å². The molecule has 1 aliphatic rings. The SMILES string of the molecule is Cc1oc2ncnc(N3CCCC(C(=O)Nc4ccccc4F)C3)c2c1C. The van der Waals surface area contributed by atoms with E-state index in [0.29, 0.717) is 12.3 Å². The lowest BCUT2D eigenvalue weighted by Gasteiger charge is -2.33. The van der Waals surface area contributed by atoms with Crippen molar-refractivity contribution in [3.8, 4) is 0 Å². The topological polar surface area (TPSA) is 71.3 Å². The zero-order valence-corrected chi connectivity index (χ0v) is 15.3. The zero-order chi connectivity index (χ0) is 19.0. The van der Waals surface area contributed by atoms with Crippen molar-refractivity contribution >= 4 is 28.5 Å². The summed E-state index contributed by atoms with van der Waals surface area (Å²) in [5.41, 5.74) is 1.79. The summed E-state index contributed by atoms with van der Waals surface area (Å²) in [7, 11) is 0. The van der Waals surface area contributed by atoms with Crippen LogP contribution in [0.25, 0.3) is 11.1 Å². The van der Waals surface area contributed by atoms with Crippen molar-refractivity contribution in [3.05, 3.63) is 47.7 Å². The van der Waals surface area contributed by atoms with E-state index < -0.39 is 5.82 Å². The molecule has 1 N–H and O–H groups in total. The fraction of sp³-hybridized carbons (Fsp3) is 0.350. The first-order valence-electron chi connectivity index (χ1n) is 9.05. The number of benzene rings is 1. The normalized spacial score (nSPS) is 17.3. The first-order chi connectivity index (χ1) is 13.0. The third-order valence-electron chi connectivity index (χ3n) is 5.17. The van der Waals surface area contributed by atoms with Crippen LogP contribution < -0.4 is 10.2 Å². The Kier molecular flexibility index (Phi) is 4.51. The van der Waals surface area contributed by atoms with Gasteiger partial charge in [0, 0.05) is 18.7 Å². The van der Waals surface area contributed by atoms with Gasteiger partial charge in [0.05, 0.1) is 17.0 Å². The molecule has 1 aromatic carbocycles. The number of aromatic nitrogens is 2. The summed E-state index contributed by atoms with van der Waals surface area (Å²) in [6.45, 7) is 5.22. The minimum atomic E-state index is -0.430. The number of hydrogen-bond acceptors (Lipinski definition) is 5. The maximum atomic E-state index is 13.8. The first kappa shape index (κ1) is 17.5. The Bertz CT molecular complexity index is 1000. The lowest BCUT2D eigenvalue weighted by Crippen LogP contribution is -2.41. The molecule has 1 fully saturated rings. The van der Waals surface area contributed by atoms with E-state index in [9.17, 15) is 9.18 Å². The second-order valence-corrected chi connectivity index (χ2v) is 6.91. The number of amides is 1. The number of piperidine rings is 1. The molecule has 3 heterocycles. The summed E-state index contributed by atoms with van der Waals surface area (Å²) in [6, 6.07) is 6.21. The molecule has 4 rings (SSSR count). The number of fused-ring (bicyclic) bond motifs is 1. The van der Waals surface area contributed by atoms with E-state index in [1.54, 1.807) is 18.2 Å². The Hall–Kier alpha value is -2.96. The van der Waals surface area contributed by atoms with Gasteiger partial charge in [-0.1, -0.05) is 12.1 Å². The number of aryl methyl sites for hydroxylation is 2. The molecule has 1 saturated heterocycles. The Balaban J connectivity index is 1.57. The zero-order valence-electron chi connectivity index (χ0n) is 15.3. The average molecular weight is 368 g/mol. The van der Waals surface area contributed by atoms with Gasteiger partial charge in [-0.25, -0.2) is 14.4 Å². The minimum absolute atomic E-state index is 0.171. The lowest BCUT2D eigenvalue weighted by atomic mass is 9.96. The lowest BCUT2D eigenvalue weighted by molar-refractivity contribution is -0.120. The smallest absolute Gasteiger partial charge is 0.231 e. The van der Waals surface area contributed by atoms with E-state index in [1.165, 1.54) is 12.4 Å². The number of furan rings is 1. The second kappa shape index (κ2) is 6.98. The molecule has 1 unspecified atom stereocenters. The van der Waals surface area contributed by atoms with E-state index in [2.05, 4.69) is 20.2 Å². The van der Waals surface area contributed by atoms with E-state index in [4.69, 9.17) is 4.42 Å². The minimum Gasteiger partial charge on any atom is -0.443 e. The van der Waals surface area contributed by atoms with Gasteiger partial charge in [0.1, 0.15) is 23.7 Å². The highest BCUT2D eigenvalue weighted by atomic mass is 19.1. The van der Waals surface area contributed by atoms with Crippen molar-refractivity contribution in [2.24, 2.45) is 5.92 Å². The van der Waals surface area contributed by atoms with Gasteiger partial charge in [0.15, 0.2) is 0 Å². The fourth-order valence-corrected chi connectivity index (χ4v) is 3.58. The third kappa shape index (κ3) is 3.25. The number of halogens is 1. The van der Waals surface area contributed by atoms with Crippen LogP contribution in [0.5, 0.6) is 0 Å². The molecule has 0 spiro atoms.